The molecule has 0 N–H and O–H groups in total. The molecule has 0 radical (unpaired) electrons. The topological polar surface area (TPSA) is 29.4 Å². The van der Waals surface area contributed by atoms with E-state index in [1.54, 1.807) is 0 Å². The summed E-state index contributed by atoms with van der Waals surface area (Å²) in [5.74, 6) is 0. The summed E-state index contributed by atoms with van der Waals surface area (Å²) in [5, 5.41) is 1.65. The summed E-state index contributed by atoms with van der Waals surface area (Å²) in [7, 11) is -3.16. The van der Waals surface area contributed by atoms with Gasteiger partial charge in [-0.2, -0.15) is 0 Å². The van der Waals surface area contributed by atoms with Gasteiger partial charge < -0.3 is 0 Å². The van der Waals surface area contributed by atoms with E-state index in [-0.39, 0.29) is 0 Å². The lowest BCUT2D eigenvalue weighted by molar-refractivity contribution is 0.588. The standard InChI is InChI=1S/C24H26NOP/c1-4-12-22(21-15-6-5-7-16-21)25-27(26,23-17-10-8-13-19(23)2)24-18-11-9-14-20(24)3/h5-11,13-18H,4,12H2,1-3H3/b25-22+. The molecule has 0 saturated heterocycles. The van der Waals surface area contributed by atoms with Crippen LogP contribution in [0, 0.1) is 13.8 Å². The van der Waals surface area contributed by atoms with Crippen molar-refractivity contribution >= 4 is 23.6 Å². The maximum atomic E-state index is 14.5. The molecule has 0 bridgehead atoms. The van der Waals surface area contributed by atoms with Crippen LogP contribution in [-0.4, -0.2) is 5.71 Å². The van der Waals surface area contributed by atoms with E-state index in [9.17, 15) is 4.57 Å². The molecule has 138 valence electrons. The van der Waals surface area contributed by atoms with Gasteiger partial charge in [0, 0.05) is 10.6 Å². The second-order valence-corrected chi connectivity index (χ2v) is 9.13. The van der Waals surface area contributed by atoms with E-state index in [1.165, 1.54) is 0 Å². The Bertz CT molecular complexity index is 943. The SMILES string of the molecule is CCC/C(=N\P(=O)(c1ccccc1C)c1ccccc1C)c1ccccc1. The first-order valence-electron chi connectivity index (χ1n) is 9.43. The van der Waals surface area contributed by atoms with E-state index >= 15 is 0 Å². The number of benzene rings is 3. The summed E-state index contributed by atoms with van der Waals surface area (Å²) in [5.41, 5.74) is 3.98. The van der Waals surface area contributed by atoms with Crippen molar-refractivity contribution in [2.45, 2.75) is 33.6 Å². The largest absolute Gasteiger partial charge is 0.288 e. The zero-order valence-electron chi connectivity index (χ0n) is 16.2. The molecule has 3 aromatic carbocycles. The maximum absolute atomic E-state index is 14.5. The third-order valence-corrected chi connectivity index (χ3v) is 7.57. The van der Waals surface area contributed by atoms with Gasteiger partial charge in [-0.25, -0.2) is 4.76 Å². The van der Waals surface area contributed by atoms with Gasteiger partial charge >= 0.3 is 0 Å². The van der Waals surface area contributed by atoms with Crippen LogP contribution >= 0.6 is 7.29 Å². The van der Waals surface area contributed by atoms with Crippen LogP contribution in [0.2, 0.25) is 0 Å². The van der Waals surface area contributed by atoms with Crippen molar-refractivity contribution in [2.75, 3.05) is 0 Å². The Hall–Kier alpha value is -2.44. The Morgan fingerprint density at radius 2 is 1.26 bits per heavy atom. The molecule has 0 aromatic heterocycles. The third kappa shape index (κ3) is 4.12. The number of hydrogen-bond acceptors (Lipinski definition) is 1. The lowest BCUT2D eigenvalue weighted by Gasteiger charge is -2.20. The van der Waals surface area contributed by atoms with E-state index in [2.05, 4.69) is 19.1 Å². The minimum absolute atomic E-state index is 0.797. The van der Waals surface area contributed by atoms with Gasteiger partial charge in [0.15, 0.2) is 0 Å². The smallest absolute Gasteiger partial charge is 0.248 e. The summed E-state index contributed by atoms with van der Waals surface area (Å²) in [6.07, 6.45) is 1.75. The van der Waals surface area contributed by atoms with Gasteiger partial charge in [-0.1, -0.05) is 80.1 Å². The molecule has 27 heavy (non-hydrogen) atoms. The zero-order valence-corrected chi connectivity index (χ0v) is 17.1. The van der Waals surface area contributed by atoms with Crippen molar-refractivity contribution < 1.29 is 4.57 Å². The van der Waals surface area contributed by atoms with Crippen LogP contribution in [0.3, 0.4) is 0 Å². The Kier molecular flexibility index (Phi) is 6.08. The predicted molar refractivity (Wildman–Crippen MR) is 117 cm³/mol. The molecule has 0 saturated carbocycles. The first-order chi connectivity index (χ1) is 13.1. The Balaban J connectivity index is 2.29. The van der Waals surface area contributed by atoms with Gasteiger partial charge in [0.1, 0.15) is 0 Å². The maximum Gasteiger partial charge on any atom is 0.248 e. The molecule has 0 aliphatic heterocycles. The lowest BCUT2D eigenvalue weighted by atomic mass is 10.1. The molecule has 0 spiro atoms. The third-order valence-electron chi connectivity index (χ3n) is 4.74. The lowest BCUT2D eigenvalue weighted by Crippen LogP contribution is -2.20. The van der Waals surface area contributed by atoms with Crippen LogP contribution in [0.5, 0.6) is 0 Å². The van der Waals surface area contributed by atoms with Crippen LogP contribution in [-0.2, 0) is 4.57 Å². The highest BCUT2D eigenvalue weighted by Gasteiger charge is 2.30. The van der Waals surface area contributed by atoms with E-state index in [4.69, 9.17) is 4.76 Å². The second-order valence-electron chi connectivity index (χ2n) is 6.81. The fourth-order valence-electron chi connectivity index (χ4n) is 3.33. The molecule has 0 heterocycles. The van der Waals surface area contributed by atoms with Crippen molar-refractivity contribution in [2.24, 2.45) is 4.76 Å². The van der Waals surface area contributed by atoms with Crippen LogP contribution in [0.4, 0.5) is 0 Å². The van der Waals surface area contributed by atoms with E-state index in [1.807, 2.05) is 80.6 Å². The summed E-state index contributed by atoms with van der Waals surface area (Å²) in [6.45, 7) is 6.15. The number of hydrogen-bond donors (Lipinski definition) is 0. The van der Waals surface area contributed by atoms with Crippen LogP contribution in [0.1, 0.15) is 36.5 Å². The summed E-state index contributed by atoms with van der Waals surface area (Å²) < 4.78 is 19.5. The van der Waals surface area contributed by atoms with Crippen LogP contribution in [0.25, 0.3) is 0 Å². The minimum atomic E-state index is -3.16. The molecule has 0 aliphatic carbocycles. The van der Waals surface area contributed by atoms with E-state index < -0.39 is 7.29 Å². The fraction of sp³-hybridized carbons (Fsp3) is 0.208. The number of rotatable bonds is 6. The van der Waals surface area contributed by atoms with Crippen molar-refractivity contribution in [1.82, 2.24) is 0 Å². The Labute approximate surface area is 162 Å². The Morgan fingerprint density at radius 3 is 1.74 bits per heavy atom. The first-order valence-corrected chi connectivity index (χ1v) is 11.1. The Morgan fingerprint density at radius 1 is 0.778 bits per heavy atom. The molecular formula is C24H26NOP. The number of nitrogens with zero attached hydrogens (tertiary/aromatic N) is 1. The van der Waals surface area contributed by atoms with Crippen LogP contribution in [0.15, 0.2) is 83.6 Å². The van der Waals surface area contributed by atoms with Gasteiger partial charge in [0.2, 0.25) is 7.29 Å². The van der Waals surface area contributed by atoms with Gasteiger partial charge in [-0.05, 0) is 49.1 Å². The minimum Gasteiger partial charge on any atom is -0.288 e. The zero-order chi connectivity index (χ0) is 19.3. The molecule has 3 aromatic rings. The molecule has 0 fully saturated rings. The highest BCUT2D eigenvalue weighted by molar-refractivity contribution is 7.77. The van der Waals surface area contributed by atoms with Gasteiger partial charge in [0.25, 0.3) is 0 Å². The molecule has 0 atom stereocenters. The average Bonchev–Trinajstić information content (AvgIpc) is 2.69. The van der Waals surface area contributed by atoms with Crippen molar-refractivity contribution in [3.8, 4) is 0 Å². The average molecular weight is 375 g/mol. The van der Waals surface area contributed by atoms with Crippen molar-refractivity contribution in [3.05, 3.63) is 95.6 Å². The van der Waals surface area contributed by atoms with Gasteiger partial charge in [0.05, 0.1) is 5.71 Å². The molecule has 0 unspecified atom stereocenters. The molecule has 0 aliphatic rings. The van der Waals surface area contributed by atoms with Crippen molar-refractivity contribution in [3.63, 3.8) is 0 Å². The van der Waals surface area contributed by atoms with Crippen LogP contribution < -0.4 is 10.6 Å². The number of aryl methyl sites for hydroxylation is 2. The van der Waals surface area contributed by atoms with Crippen molar-refractivity contribution in [1.29, 1.82) is 0 Å². The quantitative estimate of drug-likeness (QED) is 0.394. The normalized spacial score (nSPS) is 12.2. The fourth-order valence-corrected chi connectivity index (χ4v) is 6.05. The van der Waals surface area contributed by atoms with E-state index in [0.29, 0.717) is 0 Å². The second kappa shape index (κ2) is 8.50. The molecule has 3 rings (SSSR count). The highest BCUT2D eigenvalue weighted by Crippen LogP contribution is 2.47. The monoisotopic (exact) mass is 375 g/mol. The van der Waals surface area contributed by atoms with E-state index in [0.717, 1.165) is 45.9 Å². The molecule has 2 nitrogen and oxygen atoms in total. The predicted octanol–water partition coefficient (Wildman–Crippen LogP) is 5.82. The summed E-state index contributed by atoms with van der Waals surface area (Å²) in [4.78, 5) is 0. The van der Waals surface area contributed by atoms with Gasteiger partial charge in [-0.3, -0.25) is 4.57 Å². The molecule has 3 heteroatoms. The molecular weight excluding hydrogens is 349 g/mol. The highest BCUT2D eigenvalue weighted by atomic mass is 31.2. The summed E-state index contributed by atoms with van der Waals surface area (Å²) in [6, 6.07) is 25.9. The first kappa shape index (κ1) is 19.3. The molecule has 0 amide bonds. The van der Waals surface area contributed by atoms with Gasteiger partial charge in [-0.15, -0.1) is 0 Å². The summed E-state index contributed by atoms with van der Waals surface area (Å²) >= 11 is 0.